The Balaban J connectivity index is 2.10. The van der Waals surface area contributed by atoms with Crippen LogP contribution < -0.4 is 0 Å². The van der Waals surface area contributed by atoms with Crippen LogP contribution in [-0.4, -0.2) is 29.6 Å². The summed E-state index contributed by atoms with van der Waals surface area (Å²) in [5, 5.41) is 0. The van der Waals surface area contributed by atoms with Crippen LogP contribution in [0.5, 0.6) is 0 Å². The molecule has 1 rings (SSSR count). The van der Waals surface area contributed by atoms with Crippen molar-refractivity contribution in [1.82, 2.24) is 9.80 Å². The van der Waals surface area contributed by atoms with Crippen LogP contribution in [0.25, 0.3) is 0 Å². The highest BCUT2D eigenvalue weighted by atomic mass is 15.4. The molecular weight excluding hydrogens is 256 g/mol. The van der Waals surface area contributed by atoms with Crippen molar-refractivity contribution in [3.05, 3.63) is 12.4 Å². The predicted molar refractivity (Wildman–Crippen MR) is 94.1 cm³/mol. The predicted octanol–water partition coefficient (Wildman–Crippen LogP) is 5.75. The molecule has 0 spiro atoms. The van der Waals surface area contributed by atoms with Crippen LogP contribution in [0.3, 0.4) is 0 Å². The third kappa shape index (κ3) is 7.78. The van der Waals surface area contributed by atoms with Crippen LogP contribution in [0, 0.1) is 0 Å². The number of hydrogen-bond donors (Lipinski definition) is 0. The van der Waals surface area contributed by atoms with E-state index in [1.54, 1.807) is 0 Å². The second-order valence-electron chi connectivity index (χ2n) is 6.65. The topological polar surface area (TPSA) is 6.48 Å². The lowest BCUT2D eigenvalue weighted by Gasteiger charge is -2.30. The second kappa shape index (κ2) is 11.9. The van der Waals surface area contributed by atoms with Gasteiger partial charge in [0.15, 0.2) is 0 Å². The minimum Gasteiger partial charge on any atom is -0.359 e. The van der Waals surface area contributed by atoms with E-state index in [1.807, 2.05) is 0 Å². The lowest BCUT2D eigenvalue weighted by Crippen LogP contribution is -2.37. The van der Waals surface area contributed by atoms with Gasteiger partial charge in [-0.2, -0.15) is 0 Å². The molecule has 1 unspecified atom stereocenters. The van der Waals surface area contributed by atoms with Crippen molar-refractivity contribution in [1.29, 1.82) is 0 Å². The van der Waals surface area contributed by atoms with Crippen molar-refractivity contribution < 1.29 is 0 Å². The molecule has 0 amide bonds. The van der Waals surface area contributed by atoms with Gasteiger partial charge in [-0.05, 0) is 19.3 Å². The molecule has 0 aromatic heterocycles. The largest absolute Gasteiger partial charge is 0.359 e. The van der Waals surface area contributed by atoms with Gasteiger partial charge >= 0.3 is 0 Å². The maximum atomic E-state index is 2.56. The van der Waals surface area contributed by atoms with Crippen molar-refractivity contribution in [3.8, 4) is 0 Å². The van der Waals surface area contributed by atoms with Gasteiger partial charge in [0.25, 0.3) is 0 Å². The zero-order chi connectivity index (χ0) is 15.3. The van der Waals surface area contributed by atoms with Crippen LogP contribution >= 0.6 is 0 Å². The number of unbranched alkanes of at least 4 members (excludes halogenated alkanes) is 9. The fourth-order valence-electron chi connectivity index (χ4n) is 3.22. The maximum Gasteiger partial charge on any atom is 0.100 e. The van der Waals surface area contributed by atoms with Gasteiger partial charge in [0.05, 0.1) is 0 Å². The van der Waals surface area contributed by atoms with Crippen LogP contribution in [0.1, 0.15) is 90.9 Å². The standard InChI is InChI=1S/C19H38N2/c1-4-6-8-10-11-12-13-15-19-20(3)17-18-21(19)16-14-9-7-5-2/h17-19H,4-16H2,1-3H3. The van der Waals surface area contributed by atoms with Gasteiger partial charge in [-0.15, -0.1) is 0 Å². The fourth-order valence-corrected chi connectivity index (χ4v) is 3.22. The summed E-state index contributed by atoms with van der Waals surface area (Å²) in [6.45, 7) is 5.81. The molecule has 0 aromatic rings. The van der Waals surface area contributed by atoms with Gasteiger partial charge in [0, 0.05) is 26.0 Å². The highest BCUT2D eigenvalue weighted by Gasteiger charge is 2.22. The fraction of sp³-hybridized carbons (Fsp3) is 0.895. The molecule has 0 aromatic carbocycles. The van der Waals surface area contributed by atoms with E-state index in [9.17, 15) is 0 Å². The smallest absolute Gasteiger partial charge is 0.100 e. The zero-order valence-electron chi connectivity index (χ0n) is 14.8. The summed E-state index contributed by atoms with van der Waals surface area (Å²) in [4.78, 5) is 4.96. The molecule has 124 valence electrons. The Hall–Kier alpha value is -0.660. The van der Waals surface area contributed by atoms with E-state index in [0.717, 1.165) is 0 Å². The molecule has 0 aliphatic carbocycles. The molecule has 2 nitrogen and oxygen atoms in total. The van der Waals surface area contributed by atoms with E-state index in [-0.39, 0.29) is 0 Å². The maximum absolute atomic E-state index is 2.56. The van der Waals surface area contributed by atoms with E-state index < -0.39 is 0 Å². The number of rotatable bonds is 13. The highest BCUT2D eigenvalue weighted by molar-refractivity contribution is 4.95. The van der Waals surface area contributed by atoms with E-state index in [0.29, 0.717) is 6.17 Å². The molecule has 0 N–H and O–H groups in total. The van der Waals surface area contributed by atoms with Crippen LogP contribution in [0.15, 0.2) is 12.4 Å². The molecular formula is C19H38N2. The van der Waals surface area contributed by atoms with Gasteiger partial charge in [-0.3, -0.25) is 0 Å². The highest BCUT2D eigenvalue weighted by Crippen LogP contribution is 2.21. The zero-order valence-corrected chi connectivity index (χ0v) is 14.8. The monoisotopic (exact) mass is 294 g/mol. The van der Waals surface area contributed by atoms with Gasteiger partial charge in [0.2, 0.25) is 0 Å². The summed E-state index contributed by atoms with van der Waals surface area (Å²) < 4.78 is 0. The SMILES string of the molecule is CCCCCCCCCC1N(C)C=CN1CCCCCC. The second-order valence-corrected chi connectivity index (χ2v) is 6.65. The Bertz CT molecular complexity index is 262. The molecule has 0 saturated carbocycles. The first-order chi connectivity index (χ1) is 10.3. The van der Waals surface area contributed by atoms with Crippen LogP contribution in [0.4, 0.5) is 0 Å². The molecule has 1 heterocycles. The molecule has 21 heavy (non-hydrogen) atoms. The van der Waals surface area contributed by atoms with Gasteiger partial charge in [-0.25, -0.2) is 0 Å². The number of hydrogen-bond acceptors (Lipinski definition) is 2. The first-order valence-corrected chi connectivity index (χ1v) is 9.45. The van der Waals surface area contributed by atoms with Gasteiger partial charge in [-0.1, -0.05) is 71.6 Å². The van der Waals surface area contributed by atoms with Crippen molar-refractivity contribution in [2.45, 2.75) is 97.1 Å². The molecule has 0 radical (unpaired) electrons. The van der Waals surface area contributed by atoms with Crippen LogP contribution in [-0.2, 0) is 0 Å². The van der Waals surface area contributed by atoms with Crippen molar-refractivity contribution >= 4 is 0 Å². The van der Waals surface area contributed by atoms with Crippen LogP contribution in [0.2, 0.25) is 0 Å². The Morgan fingerprint density at radius 3 is 1.95 bits per heavy atom. The summed E-state index contributed by atoms with van der Waals surface area (Å²) in [6, 6.07) is 0. The van der Waals surface area contributed by atoms with Gasteiger partial charge < -0.3 is 9.80 Å². The molecule has 0 saturated heterocycles. The van der Waals surface area contributed by atoms with Crippen molar-refractivity contribution in [3.63, 3.8) is 0 Å². The number of nitrogens with zero attached hydrogens (tertiary/aromatic N) is 2. The Labute approximate surface area is 133 Å². The average Bonchev–Trinajstić information content (AvgIpc) is 2.83. The molecule has 0 bridgehead atoms. The Morgan fingerprint density at radius 1 is 0.714 bits per heavy atom. The Morgan fingerprint density at radius 2 is 1.29 bits per heavy atom. The Kier molecular flexibility index (Phi) is 10.5. The normalized spacial score (nSPS) is 18.0. The summed E-state index contributed by atoms with van der Waals surface area (Å²) in [6.07, 6.45) is 21.8. The van der Waals surface area contributed by atoms with Gasteiger partial charge in [0.1, 0.15) is 6.17 Å². The first-order valence-electron chi connectivity index (χ1n) is 9.45. The molecule has 2 heteroatoms. The summed E-state index contributed by atoms with van der Waals surface area (Å²) in [5.74, 6) is 0. The summed E-state index contributed by atoms with van der Waals surface area (Å²) in [7, 11) is 2.23. The lowest BCUT2D eigenvalue weighted by atomic mass is 10.1. The molecule has 1 atom stereocenters. The lowest BCUT2D eigenvalue weighted by molar-refractivity contribution is 0.159. The van der Waals surface area contributed by atoms with E-state index in [4.69, 9.17) is 0 Å². The van der Waals surface area contributed by atoms with Crippen molar-refractivity contribution in [2.75, 3.05) is 13.6 Å². The third-order valence-corrected chi connectivity index (χ3v) is 4.68. The third-order valence-electron chi connectivity index (χ3n) is 4.68. The van der Waals surface area contributed by atoms with E-state index in [2.05, 4.69) is 43.1 Å². The quantitative estimate of drug-likeness (QED) is 0.399. The molecule has 1 aliphatic rings. The van der Waals surface area contributed by atoms with Crippen molar-refractivity contribution in [2.24, 2.45) is 0 Å². The minimum absolute atomic E-state index is 0.627. The molecule has 1 aliphatic heterocycles. The first kappa shape index (κ1) is 18.4. The summed E-state index contributed by atoms with van der Waals surface area (Å²) >= 11 is 0. The minimum atomic E-state index is 0.627. The summed E-state index contributed by atoms with van der Waals surface area (Å²) in [5.41, 5.74) is 0. The van der Waals surface area contributed by atoms with E-state index in [1.165, 1.54) is 83.6 Å². The molecule has 0 fully saturated rings. The van der Waals surface area contributed by atoms with E-state index >= 15 is 0 Å². The average molecular weight is 295 g/mol.